The van der Waals surface area contributed by atoms with Crippen LogP contribution in [0.1, 0.15) is 46.1 Å². The molecule has 0 saturated carbocycles. The molecule has 0 bridgehead atoms. The maximum atomic E-state index is 11.0. The Morgan fingerprint density at radius 3 is 2.60 bits per heavy atom. The smallest absolute Gasteiger partial charge is 0.147 e. The van der Waals surface area contributed by atoms with Crippen molar-refractivity contribution in [3.05, 3.63) is 53.3 Å². The number of aromatic hydroxyl groups is 1. The summed E-state index contributed by atoms with van der Waals surface area (Å²) in [5.74, 6) is 0.783. The number of benzene rings is 2. The van der Waals surface area contributed by atoms with Crippen LogP contribution in [0.5, 0.6) is 11.5 Å². The first-order valence-corrected chi connectivity index (χ1v) is 10.5. The second-order valence-corrected chi connectivity index (χ2v) is 8.50. The van der Waals surface area contributed by atoms with Crippen molar-refractivity contribution >= 4 is 22.6 Å². The first-order chi connectivity index (χ1) is 14.3. The number of hydrogen-bond donors (Lipinski definition) is 1. The molecule has 30 heavy (non-hydrogen) atoms. The molecule has 3 rings (SSSR count). The minimum absolute atomic E-state index is 0.134. The Balaban J connectivity index is 1.88. The normalized spacial score (nSPS) is 12.0. The fourth-order valence-electron chi connectivity index (χ4n) is 2.96. The third-order valence-electron chi connectivity index (χ3n) is 4.53. The quantitative estimate of drug-likeness (QED) is 0.362. The van der Waals surface area contributed by atoms with Crippen molar-refractivity contribution in [2.75, 3.05) is 13.2 Å². The van der Waals surface area contributed by atoms with Gasteiger partial charge in [-0.25, -0.2) is 0 Å². The molecule has 160 valence electrons. The molecule has 0 fully saturated rings. The lowest BCUT2D eigenvalue weighted by atomic mass is 9.86. The van der Waals surface area contributed by atoms with E-state index in [1.165, 1.54) is 4.80 Å². The standard InChI is InChI=1S/C23H28ClN3O3/c1-5-6-10-29-11-7-12-30-17-14-18(23(2,3)4)22(28)21(15-17)27-25-19-9-8-16(24)13-20(19)26-27/h6,8-10,13-15,28H,5,7,11-12H2,1-4H3. The first kappa shape index (κ1) is 22.0. The highest BCUT2D eigenvalue weighted by atomic mass is 35.5. The molecule has 0 unspecified atom stereocenters. The summed E-state index contributed by atoms with van der Waals surface area (Å²) in [6, 6.07) is 8.94. The van der Waals surface area contributed by atoms with E-state index in [2.05, 4.69) is 17.1 Å². The van der Waals surface area contributed by atoms with Crippen molar-refractivity contribution in [2.45, 2.75) is 46.0 Å². The van der Waals surface area contributed by atoms with E-state index in [1.807, 2.05) is 32.9 Å². The van der Waals surface area contributed by atoms with Crippen LogP contribution in [-0.2, 0) is 10.2 Å². The molecule has 1 N–H and O–H groups in total. The maximum absolute atomic E-state index is 11.0. The second kappa shape index (κ2) is 9.39. The molecule has 0 atom stereocenters. The van der Waals surface area contributed by atoms with Crippen LogP contribution in [0.3, 0.4) is 0 Å². The third kappa shape index (κ3) is 5.25. The Labute approximate surface area is 182 Å². The third-order valence-corrected chi connectivity index (χ3v) is 4.77. The van der Waals surface area contributed by atoms with Crippen molar-refractivity contribution in [3.63, 3.8) is 0 Å². The summed E-state index contributed by atoms with van der Waals surface area (Å²) in [5.41, 5.74) is 2.29. The molecule has 1 heterocycles. The molecule has 0 aliphatic heterocycles. The van der Waals surface area contributed by atoms with Crippen molar-refractivity contribution in [1.29, 1.82) is 0 Å². The van der Waals surface area contributed by atoms with Crippen LogP contribution in [-0.4, -0.2) is 33.3 Å². The summed E-state index contributed by atoms with van der Waals surface area (Å²) in [6.45, 7) is 9.26. The lowest BCUT2D eigenvalue weighted by Crippen LogP contribution is -2.14. The van der Waals surface area contributed by atoms with Gasteiger partial charge in [-0.2, -0.15) is 0 Å². The number of fused-ring (bicyclic) bond motifs is 1. The van der Waals surface area contributed by atoms with E-state index >= 15 is 0 Å². The van der Waals surface area contributed by atoms with E-state index in [1.54, 1.807) is 30.5 Å². The van der Waals surface area contributed by atoms with Gasteiger partial charge in [-0.3, -0.25) is 0 Å². The van der Waals surface area contributed by atoms with Gasteiger partial charge in [-0.1, -0.05) is 45.4 Å². The van der Waals surface area contributed by atoms with Gasteiger partial charge in [0.1, 0.15) is 28.2 Å². The fraction of sp³-hybridized carbons (Fsp3) is 0.391. The molecule has 0 aliphatic carbocycles. The van der Waals surface area contributed by atoms with E-state index in [9.17, 15) is 5.11 Å². The van der Waals surface area contributed by atoms with Crippen LogP contribution in [0.4, 0.5) is 0 Å². The summed E-state index contributed by atoms with van der Waals surface area (Å²) in [5, 5.41) is 20.5. The van der Waals surface area contributed by atoms with E-state index in [4.69, 9.17) is 21.1 Å². The minimum atomic E-state index is -0.290. The monoisotopic (exact) mass is 429 g/mol. The summed E-state index contributed by atoms with van der Waals surface area (Å²) in [4.78, 5) is 1.43. The average Bonchev–Trinajstić information content (AvgIpc) is 3.10. The predicted octanol–water partition coefficient (Wildman–Crippen LogP) is 5.79. The van der Waals surface area contributed by atoms with Crippen molar-refractivity contribution in [3.8, 4) is 17.2 Å². The summed E-state index contributed by atoms with van der Waals surface area (Å²) in [6.07, 6.45) is 5.39. The maximum Gasteiger partial charge on any atom is 0.147 e. The Morgan fingerprint density at radius 2 is 1.87 bits per heavy atom. The molecule has 7 heteroatoms. The molecule has 0 spiro atoms. The van der Waals surface area contributed by atoms with Crippen LogP contribution in [0.2, 0.25) is 5.02 Å². The van der Waals surface area contributed by atoms with Crippen LogP contribution >= 0.6 is 11.6 Å². The molecule has 1 aromatic heterocycles. The zero-order valence-corrected chi connectivity index (χ0v) is 18.6. The van der Waals surface area contributed by atoms with Gasteiger partial charge in [0, 0.05) is 23.1 Å². The molecule has 0 saturated heterocycles. The minimum Gasteiger partial charge on any atom is -0.505 e. The largest absolute Gasteiger partial charge is 0.505 e. The Bertz CT molecular complexity index is 1040. The zero-order valence-electron chi connectivity index (χ0n) is 17.9. The number of hydrogen-bond acceptors (Lipinski definition) is 5. The van der Waals surface area contributed by atoms with Gasteiger partial charge in [0.05, 0.1) is 19.5 Å². The van der Waals surface area contributed by atoms with Crippen LogP contribution < -0.4 is 4.74 Å². The van der Waals surface area contributed by atoms with Crippen LogP contribution in [0.15, 0.2) is 42.7 Å². The Morgan fingerprint density at radius 1 is 1.10 bits per heavy atom. The van der Waals surface area contributed by atoms with E-state index in [0.29, 0.717) is 40.7 Å². The molecule has 0 aliphatic rings. The SMILES string of the molecule is CCC=COCCCOc1cc(-n2nc3ccc(Cl)cc3n2)c(O)c(C(C)(C)C)c1. The summed E-state index contributed by atoms with van der Waals surface area (Å²) < 4.78 is 11.4. The number of halogens is 1. The van der Waals surface area contributed by atoms with Gasteiger partial charge in [0.2, 0.25) is 0 Å². The van der Waals surface area contributed by atoms with Crippen molar-refractivity contribution < 1.29 is 14.6 Å². The molecular weight excluding hydrogens is 402 g/mol. The highest BCUT2D eigenvalue weighted by molar-refractivity contribution is 6.31. The number of phenols is 1. The van der Waals surface area contributed by atoms with Gasteiger partial charge in [-0.05, 0) is 36.1 Å². The van der Waals surface area contributed by atoms with Gasteiger partial charge in [0.15, 0.2) is 0 Å². The fourth-order valence-corrected chi connectivity index (χ4v) is 3.13. The van der Waals surface area contributed by atoms with Crippen LogP contribution in [0, 0.1) is 0 Å². The number of rotatable bonds is 8. The molecule has 0 radical (unpaired) electrons. The zero-order chi connectivity index (χ0) is 21.7. The topological polar surface area (TPSA) is 69.4 Å². The van der Waals surface area contributed by atoms with Gasteiger partial charge in [0.25, 0.3) is 0 Å². The Hall–Kier alpha value is -2.73. The van der Waals surface area contributed by atoms with Gasteiger partial charge in [-0.15, -0.1) is 15.0 Å². The van der Waals surface area contributed by atoms with Crippen molar-refractivity contribution in [2.24, 2.45) is 0 Å². The first-order valence-electron chi connectivity index (χ1n) is 10.1. The van der Waals surface area contributed by atoms with E-state index < -0.39 is 0 Å². The highest BCUT2D eigenvalue weighted by Crippen LogP contribution is 2.38. The molecule has 6 nitrogen and oxygen atoms in total. The summed E-state index contributed by atoms with van der Waals surface area (Å²) >= 11 is 6.07. The van der Waals surface area contributed by atoms with Crippen molar-refractivity contribution in [1.82, 2.24) is 15.0 Å². The van der Waals surface area contributed by atoms with Crippen LogP contribution in [0.25, 0.3) is 16.7 Å². The number of allylic oxidation sites excluding steroid dienone is 1. The molecule has 3 aromatic rings. The van der Waals surface area contributed by atoms with Gasteiger partial charge < -0.3 is 14.6 Å². The lowest BCUT2D eigenvalue weighted by Gasteiger charge is -2.23. The molecular formula is C23H28ClN3O3. The highest BCUT2D eigenvalue weighted by Gasteiger charge is 2.23. The van der Waals surface area contributed by atoms with E-state index in [0.717, 1.165) is 18.4 Å². The number of phenolic OH excluding ortho intramolecular Hbond substituents is 1. The number of aromatic nitrogens is 3. The Kier molecular flexibility index (Phi) is 6.87. The average molecular weight is 430 g/mol. The second-order valence-electron chi connectivity index (χ2n) is 8.06. The lowest BCUT2D eigenvalue weighted by molar-refractivity contribution is 0.208. The molecule has 2 aromatic carbocycles. The predicted molar refractivity (Wildman–Crippen MR) is 120 cm³/mol. The van der Waals surface area contributed by atoms with E-state index in [-0.39, 0.29) is 11.2 Å². The van der Waals surface area contributed by atoms with Gasteiger partial charge >= 0.3 is 0 Å². The summed E-state index contributed by atoms with van der Waals surface area (Å²) in [7, 11) is 0. The molecule has 0 amide bonds. The number of nitrogens with zero attached hydrogens (tertiary/aromatic N) is 3. The number of ether oxygens (including phenoxy) is 2.